The Kier molecular flexibility index (Phi) is 4.12. The molecule has 0 aromatic heterocycles. The maximum atomic E-state index is 14.9. The zero-order valence-corrected chi connectivity index (χ0v) is 16.1. The van der Waals surface area contributed by atoms with Gasteiger partial charge in [0.1, 0.15) is 11.5 Å². The van der Waals surface area contributed by atoms with E-state index >= 15 is 0 Å². The highest BCUT2D eigenvalue weighted by Gasteiger charge is 2.53. The molecule has 1 saturated heterocycles. The molecule has 4 nitrogen and oxygen atoms in total. The van der Waals surface area contributed by atoms with Crippen LogP contribution in [-0.2, 0) is 22.2 Å². The van der Waals surface area contributed by atoms with Gasteiger partial charge in [-0.1, -0.05) is 0 Å². The van der Waals surface area contributed by atoms with E-state index in [1.54, 1.807) is 0 Å². The quantitative estimate of drug-likeness (QED) is 0.810. The Morgan fingerprint density at radius 3 is 2.42 bits per heavy atom. The Morgan fingerprint density at radius 1 is 1.15 bits per heavy atom. The Bertz CT molecular complexity index is 757. The molecule has 0 atom stereocenters. The number of hydrogen-bond acceptors (Lipinski definition) is 4. The molecule has 0 bridgehead atoms. The molecule has 0 radical (unpaired) electrons. The van der Waals surface area contributed by atoms with Crippen molar-refractivity contribution in [1.82, 2.24) is 0 Å². The number of phenolic OH excluding ortho intramolecular Hbond substituents is 1. The van der Waals surface area contributed by atoms with Gasteiger partial charge >= 0.3 is 7.12 Å². The van der Waals surface area contributed by atoms with Crippen LogP contribution in [0.25, 0.3) is 6.08 Å². The number of halogens is 1. The number of aryl methyl sites for hydroxylation is 1. The van der Waals surface area contributed by atoms with Crippen LogP contribution in [0.4, 0.5) is 10.1 Å². The van der Waals surface area contributed by atoms with Crippen molar-refractivity contribution in [2.24, 2.45) is 0 Å². The number of benzene rings is 1. The molecule has 1 aromatic carbocycles. The normalized spacial score (nSPS) is 24.0. The summed E-state index contributed by atoms with van der Waals surface area (Å²) in [5.41, 5.74) is 2.18. The van der Waals surface area contributed by atoms with E-state index in [0.29, 0.717) is 5.56 Å². The van der Waals surface area contributed by atoms with Crippen molar-refractivity contribution < 1.29 is 18.8 Å². The van der Waals surface area contributed by atoms with Crippen LogP contribution in [-0.4, -0.2) is 36.5 Å². The Hall–Kier alpha value is -1.53. The minimum Gasteiger partial charge on any atom is -0.507 e. The highest BCUT2D eigenvalue weighted by molar-refractivity contribution is 6.54. The van der Waals surface area contributed by atoms with Crippen LogP contribution in [0.1, 0.15) is 57.2 Å². The van der Waals surface area contributed by atoms with Crippen molar-refractivity contribution in [3.8, 4) is 5.75 Å². The van der Waals surface area contributed by atoms with Gasteiger partial charge in [-0.25, -0.2) is 4.39 Å². The summed E-state index contributed by atoms with van der Waals surface area (Å²) in [5, 5.41) is 10.8. The van der Waals surface area contributed by atoms with Crippen LogP contribution in [0.15, 0.2) is 11.8 Å². The topological polar surface area (TPSA) is 41.9 Å². The van der Waals surface area contributed by atoms with Crippen molar-refractivity contribution in [2.45, 2.75) is 64.6 Å². The smallest absolute Gasteiger partial charge is 0.507 e. The van der Waals surface area contributed by atoms with Crippen molar-refractivity contribution in [3.05, 3.63) is 28.5 Å². The van der Waals surface area contributed by atoms with Gasteiger partial charge in [0.2, 0.25) is 0 Å². The van der Waals surface area contributed by atoms with Crippen LogP contribution < -0.4 is 4.90 Å². The first-order chi connectivity index (χ1) is 12.2. The van der Waals surface area contributed by atoms with E-state index in [2.05, 4.69) is 4.90 Å². The molecule has 3 aliphatic heterocycles. The third-order valence-corrected chi connectivity index (χ3v) is 6.30. The largest absolute Gasteiger partial charge is 0.525 e. The molecule has 6 heteroatoms. The summed E-state index contributed by atoms with van der Waals surface area (Å²) in [6, 6.07) is 1.93. The highest BCUT2D eigenvalue weighted by atomic mass is 19.1. The Morgan fingerprint density at radius 2 is 1.77 bits per heavy atom. The summed E-state index contributed by atoms with van der Waals surface area (Å²) in [4.78, 5) is 2.36. The third-order valence-electron chi connectivity index (χ3n) is 6.30. The maximum Gasteiger partial charge on any atom is 0.525 e. The van der Waals surface area contributed by atoms with E-state index in [9.17, 15) is 9.50 Å². The molecular weight excluding hydrogens is 332 g/mol. The first-order valence-corrected chi connectivity index (χ1v) is 9.55. The van der Waals surface area contributed by atoms with Gasteiger partial charge in [-0.05, 0) is 71.1 Å². The zero-order valence-electron chi connectivity index (χ0n) is 16.1. The lowest BCUT2D eigenvalue weighted by atomic mass is 9.84. The Labute approximate surface area is 155 Å². The zero-order chi connectivity index (χ0) is 18.7. The molecule has 0 unspecified atom stereocenters. The molecule has 1 N–H and O–H groups in total. The molecule has 1 aromatic rings. The van der Waals surface area contributed by atoms with Crippen LogP contribution in [0.3, 0.4) is 0 Å². The van der Waals surface area contributed by atoms with Crippen molar-refractivity contribution in [1.29, 1.82) is 0 Å². The monoisotopic (exact) mass is 359 g/mol. The predicted molar refractivity (Wildman–Crippen MR) is 102 cm³/mol. The number of nitrogens with zero attached hydrogens (tertiary/aromatic N) is 1. The standard InChI is InChI=1S/C20H27BFNO3/c1-19(2)20(3,4)26-21(25-19)16(22)12-14-11-13-7-5-9-23-10-6-8-15(17(13)23)18(14)24/h11-12,24H,5-10H2,1-4H3. The molecule has 0 saturated carbocycles. The van der Waals surface area contributed by atoms with E-state index in [1.165, 1.54) is 17.3 Å². The predicted octanol–water partition coefficient (Wildman–Crippen LogP) is 4.03. The number of hydrogen-bond donors (Lipinski definition) is 1. The van der Waals surface area contributed by atoms with Gasteiger partial charge in [0, 0.05) is 29.9 Å². The molecule has 3 aliphatic rings. The summed E-state index contributed by atoms with van der Waals surface area (Å²) >= 11 is 0. The van der Waals surface area contributed by atoms with Crippen molar-refractivity contribution in [3.63, 3.8) is 0 Å². The lowest BCUT2D eigenvalue weighted by molar-refractivity contribution is 0.00578. The average Bonchev–Trinajstić information content (AvgIpc) is 2.80. The van der Waals surface area contributed by atoms with Crippen LogP contribution in [0.2, 0.25) is 0 Å². The summed E-state index contributed by atoms with van der Waals surface area (Å²) in [7, 11) is -1.04. The minimum atomic E-state index is -1.04. The fourth-order valence-corrected chi connectivity index (χ4v) is 4.15. The first-order valence-electron chi connectivity index (χ1n) is 9.55. The molecule has 3 heterocycles. The van der Waals surface area contributed by atoms with Gasteiger partial charge in [0.15, 0.2) is 0 Å². The summed E-state index contributed by atoms with van der Waals surface area (Å²) in [6.07, 6.45) is 5.30. The second kappa shape index (κ2) is 5.99. The number of aromatic hydroxyl groups is 1. The molecule has 0 amide bonds. The average molecular weight is 359 g/mol. The van der Waals surface area contributed by atoms with Crippen LogP contribution in [0, 0.1) is 0 Å². The van der Waals surface area contributed by atoms with E-state index in [1.807, 2.05) is 33.8 Å². The van der Waals surface area contributed by atoms with Gasteiger partial charge in [-0.3, -0.25) is 0 Å². The van der Waals surface area contributed by atoms with Gasteiger partial charge in [-0.2, -0.15) is 0 Å². The first kappa shape index (κ1) is 17.9. The second-order valence-electron chi connectivity index (χ2n) is 8.61. The van der Waals surface area contributed by atoms with Crippen molar-refractivity contribution >= 4 is 18.9 Å². The van der Waals surface area contributed by atoms with E-state index in [4.69, 9.17) is 9.31 Å². The molecular formula is C20H27BFNO3. The Balaban J connectivity index is 1.70. The SMILES string of the molecule is CC1(C)OB(C(F)=Cc2cc3c4c(c2O)CCCN4CCC3)OC1(C)C. The highest BCUT2D eigenvalue weighted by Crippen LogP contribution is 2.43. The molecule has 1 fully saturated rings. The number of anilines is 1. The molecule has 4 rings (SSSR count). The lowest BCUT2D eigenvalue weighted by Crippen LogP contribution is -2.41. The fraction of sp³-hybridized carbons (Fsp3) is 0.600. The van der Waals surface area contributed by atoms with E-state index < -0.39 is 24.0 Å². The molecule has 140 valence electrons. The van der Waals surface area contributed by atoms with Crippen LogP contribution in [0.5, 0.6) is 5.75 Å². The fourth-order valence-electron chi connectivity index (χ4n) is 4.15. The summed E-state index contributed by atoms with van der Waals surface area (Å²) in [6.45, 7) is 9.67. The van der Waals surface area contributed by atoms with Gasteiger partial charge in [-0.15, -0.1) is 0 Å². The van der Waals surface area contributed by atoms with E-state index in [0.717, 1.165) is 44.3 Å². The van der Waals surface area contributed by atoms with Crippen LogP contribution >= 0.6 is 0 Å². The van der Waals surface area contributed by atoms with Gasteiger partial charge in [0.25, 0.3) is 0 Å². The minimum absolute atomic E-state index is 0.196. The van der Waals surface area contributed by atoms with Gasteiger partial charge < -0.3 is 19.3 Å². The summed E-state index contributed by atoms with van der Waals surface area (Å²) in [5.74, 6) is 0.196. The number of rotatable bonds is 2. The second-order valence-corrected chi connectivity index (χ2v) is 8.61. The van der Waals surface area contributed by atoms with Crippen molar-refractivity contribution in [2.75, 3.05) is 18.0 Å². The molecule has 26 heavy (non-hydrogen) atoms. The number of phenols is 1. The third kappa shape index (κ3) is 2.74. The summed E-state index contributed by atoms with van der Waals surface area (Å²) < 4.78 is 26.5. The molecule has 0 aliphatic carbocycles. The maximum absolute atomic E-state index is 14.9. The van der Waals surface area contributed by atoms with Gasteiger partial charge in [0.05, 0.1) is 11.2 Å². The molecule has 0 spiro atoms. The van der Waals surface area contributed by atoms with E-state index in [-0.39, 0.29) is 5.75 Å². The lowest BCUT2D eigenvalue weighted by Gasteiger charge is -2.37.